The molecule has 1 aliphatic heterocycles. The number of anilines is 1. The van der Waals surface area contributed by atoms with Crippen LogP contribution in [0, 0.1) is 5.92 Å². The van der Waals surface area contributed by atoms with Crippen molar-refractivity contribution in [1.29, 1.82) is 0 Å². The van der Waals surface area contributed by atoms with Crippen LogP contribution in [-0.2, 0) is 9.59 Å². The van der Waals surface area contributed by atoms with E-state index < -0.39 is 0 Å². The van der Waals surface area contributed by atoms with E-state index in [0.29, 0.717) is 30.4 Å². The standard InChI is InChI=1S/C12H15N3O3S/c1-8(16)19-7-9-5-12(17)15(6-9)10-3-4-11(18-2)14-13-10/h3-4,9H,5-7H2,1-2H3. The summed E-state index contributed by atoms with van der Waals surface area (Å²) >= 11 is 1.26. The maximum atomic E-state index is 11.9. The molecule has 2 rings (SSSR count). The molecular formula is C12H15N3O3S. The lowest BCUT2D eigenvalue weighted by molar-refractivity contribution is -0.117. The monoisotopic (exact) mass is 281 g/mol. The molecule has 7 heteroatoms. The van der Waals surface area contributed by atoms with Crippen LogP contribution in [0.2, 0.25) is 0 Å². The molecule has 0 aromatic carbocycles. The van der Waals surface area contributed by atoms with Gasteiger partial charge < -0.3 is 4.74 Å². The third kappa shape index (κ3) is 3.44. The fourth-order valence-corrected chi connectivity index (χ4v) is 2.61. The molecule has 2 heterocycles. The highest BCUT2D eigenvalue weighted by Gasteiger charge is 2.31. The Morgan fingerprint density at radius 1 is 1.53 bits per heavy atom. The fourth-order valence-electron chi connectivity index (χ4n) is 1.92. The summed E-state index contributed by atoms with van der Waals surface area (Å²) in [5.74, 6) is 1.82. The second kappa shape index (κ2) is 6.01. The maximum Gasteiger partial charge on any atom is 0.233 e. The highest BCUT2D eigenvalue weighted by Crippen LogP contribution is 2.26. The van der Waals surface area contributed by atoms with Gasteiger partial charge in [-0.15, -0.1) is 10.2 Å². The number of hydrogen-bond acceptors (Lipinski definition) is 6. The minimum absolute atomic E-state index is 0.0219. The molecule has 1 amide bonds. The number of carbonyl (C=O) groups is 2. The van der Waals surface area contributed by atoms with Gasteiger partial charge in [0.05, 0.1) is 7.11 Å². The molecule has 0 spiro atoms. The Morgan fingerprint density at radius 3 is 2.89 bits per heavy atom. The summed E-state index contributed by atoms with van der Waals surface area (Å²) in [5, 5.41) is 7.90. The molecule has 0 bridgehead atoms. The number of hydrogen-bond donors (Lipinski definition) is 0. The third-order valence-electron chi connectivity index (χ3n) is 2.84. The predicted octanol–water partition coefficient (Wildman–Crippen LogP) is 1.12. The van der Waals surface area contributed by atoms with Gasteiger partial charge in [0.15, 0.2) is 10.9 Å². The van der Waals surface area contributed by atoms with Crippen LogP contribution < -0.4 is 9.64 Å². The van der Waals surface area contributed by atoms with E-state index in [9.17, 15) is 9.59 Å². The van der Waals surface area contributed by atoms with Crippen molar-refractivity contribution in [2.75, 3.05) is 24.3 Å². The molecule has 1 fully saturated rings. The van der Waals surface area contributed by atoms with Gasteiger partial charge in [0.1, 0.15) is 0 Å². The van der Waals surface area contributed by atoms with E-state index in [2.05, 4.69) is 10.2 Å². The van der Waals surface area contributed by atoms with Crippen LogP contribution in [0.1, 0.15) is 13.3 Å². The van der Waals surface area contributed by atoms with E-state index in [1.54, 1.807) is 17.0 Å². The highest BCUT2D eigenvalue weighted by atomic mass is 32.2. The largest absolute Gasteiger partial charge is 0.480 e. The second-order valence-electron chi connectivity index (χ2n) is 4.31. The number of aromatic nitrogens is 2. The van der Waals surface area contributed by atoms with Crippen molar-refractivity contribution >= 4 is 28.6 Å². The minimum Gasteiger partial charge on any atom is -0.480 e. The third-order valence-corrected chi connectivity index (χ3v) is 3.88. The normalized spacial score (nSPS) is 18.7. The minimum atomic E-state index is 0.0219. The zero-order valence-electron chi connectivity index (χ0n) is 10.8. The summed E-state index contributed by atoms with van der Waals surface area (Å²) in [4.78, 5) is 24.5. The Bertz CT molecular complexity index is 478. The number of methoxy groups -OCH3 is 1. The van der Waals surface area contributed by atoms with Crippen LogP contribution >= 0.6 is 11.8 Å². The van der Waals surface area contributed by atoms with Crippen LogP contribution in [0.25, 0.3) is 0 Å². The first kappa shape index (κ1) is 13.8. The van der Waals surface area contributed by atoms with Crippen molar-refractivity contribution in [3.8, 4) is 5.88 Å². The van der Waals surface area contributed by atoms with E-state index in [1.165, 1.54) is 25.8 Å². The van der Waals surface area contributed by atoms with Crippen LogP contribution in [-0.4, -0.2) is 40.6 Å². The Morgan fingerprint density at radius 2 is 2.32 bits per heavy atom. The Hall–Kier alpha value is -1.63. The van der Waals surface area contributed by atoms with Crippen LogP contribution in [0.3, 0.4) is 0 Å². The molecule has 19 heavy (non-hydrogen) atoms. The van der Waals surface area contributed by atoms with Gasteiger partial charge in [0, 0.05) is 31.7 Å². The number of rotatable bonds is 4. The van der Waals surface area contributed by atoms with Crippen LogP contribution in [0.4, 0.5) is 5.82 Å². The van der Waals surface area contributed by atoms with E-state index in [4.69, 9.17) is 4.74 Å². The van der Waals surface area contributed by atoms with Gasteiger partial charge in [-0.1, -0.05) is 11.8 Å². The summed E-state index contributed by atoms with van der Waals surface area (Å²) in [6, 6.07) is 3.39. The Kier molecular flexibility index (Phi) is 4.36. The van der Waals surface area contributed by atoms with E-state index in [-0.39, 0.29) is 16.9 Å². The lowest BCUT2D eigenvalue weighted by Gasteiger charge is -2.14. The number of thioether (sulfide) groups is 1. The first-order valence-corrected chi connectivity index (χ1v) is 6.90. The van der Waals surface area contributed by atoms with Crippen LogP contribution in [0.15, 0.2) is 12.1 Å². The molecule has 102 valence electrons. The van der Waals surface area contributed by atoms with Gasteiger partial charge in [0.2, 0.25) is 11.8 Å². The first-order chi connectivity index (χ1) is 9.10. The lowest BCUT2D eigenvalue weighted by Crippen LogP contribution is -2.26. The molecule has 1 atom stereocenters. The maximum absolute atomic E-state index is 11.9. The van der Waals surface area contributed by atoms with Crippen molar-refractivity contribution < 1.29 is 14.3 Å². The van der Waals surface area contributed by atoms with Gasteiger partial charge in [-0.25, -0.2) is 0 Å². The second-order valence-corrected chi connectivity index (χ2v) is 5.51. The van der Waals surface area contributed by atoms with Crippen molar-refractivity contribution in [3.05, 3.63) is 12.1 Å². The first-order valence-electron chi connectivity index (χ1n) is 5.91. The summed E-state index contributed by atoms with van der Waals surface area (Å²) < 4.78 is 4.93. The Balaban J connectivity index is 2.00. The molecule has 6 nitrogen and oxygen atoms in total. The quantitative estimate of drug-likeness (QED) is 0.823. The average molecular weight is 281 g/mol. The molecule has 0 radical (unpaired) electrons. The number of ether oxygens (including phenoxy) is 1. The number of amides is 1. The topological polar surface area (TPSA) is 72.4 Å². The molecular weight excluding hydrogens is 266 g/mol. The molecule has 0 saturated carbocycles. The Labute approximate surface area is 115 Å². The van der Waals surface area contributed by atoms with Gasteiger partial charge >= 0.3 is 0 Å². The van der Waals surface area contributed by atoms with E-state index in [1.807, 2.05) is 0 Å². The van der Waals surface area contributed by atoms with Crippen molar-refractivity contribution in [2.24, 2.45) is 5.92 Å². The van der Waals surface area contributed by atoms with E-state index in [0.717, 1.165) is 0 Å². The van der Waals surface area contributed by atoms with Gasteiger partial charge in [-0.05, 0) is 12.0 Å². The van der Waals surface area contributed by atoms with Crippen molar-refractivity contribution in [3.63, 3.8) is 0 Å². The summed E-state index contributed by atoms with van der Waals surface area (Å²) in [7, 11) is 1.51. The SMILES string of the molecule is COc1ccc(N2CC(CSC(C)=O)CC2=O)nn1. The zero-order valence-corrected chi connectivity index (χ0v) is 11.6. The van der Waals surface area contributed by atoms with Gasteiger partial charge in [0.25, 0.3) is 0 Å². The zero-order chi connectivity index (χ0) is 13.8. The van der Waals surface area contributed by atoms with E-state index >= 15 is 0 Å². The molecule has 1 saturated heterocycles. The molecule has 1 aromatic rings. The number of nitrogens with zero attached hydrogens (tertiary/aromatic N) is 3. The average Bonchev–Trinajstić information content (AvgIpc) is 2.78. The number of carbonyl (C=O) groups excluding carboxylic acids is 2. The van der Waals surface area contributed by atoms with Crippen LogP contribution in [0.5, 0.6) is 5.88 Å². The molecule has 1 aromatic heterocycles. The summed E-state index contributed by atoms with van der Waals surface area (Å²) in [6.45, 7) is 2.12. The molecule has 0 N–H and O–H groups in total. The fraction of sp³-hybridized carbons (Fsp3) is 0.500. The molecule has 0 aliphatic carbocycles. The van der Waals surface area contributed by atoms with Crippen molar-refractivity contribution in [2.45, 2.75) is 13.3 Å². The summed E-state index contributed by atoms with van der Waals surface area (Å²) in [5.41, 5.74) is 0. The summed E-state index contributed by atoms with van der Waals surface area (Å²) in [6.07, 6.45) is 0.452. The molecule has 1 aliphatic rings. The lowest BCUT2D eigenvalue weighted by atomic mass is 10.1. The molecule has 1 unspecified atom stereocenters. The smallest absolute Gasteiger partial charge is 0.233 e. The van der Waals surface area contributed by atoms with Gasteiger partial charge in [-0.2, -0.15) is 0 Å². The highest BCUT2D eigenvalue weighted by molar-refractivity contribution is 8.13. The predicted molar refractivity (Wildman–Crippen MR) is 72.2 cm³/mol. The van der Waals surface area contributed by atoms with Crippen molar-refractivity contribution in [1.82, 2.24) is 10.2 Å². The van der Waals surface area contributed by atoms with Gasteiger partial charge in [-0.3, -0.25) is 14.5 Å².